The first-order chi connectivity index (χ1) is 22.9. The lowest BCUT2D eigenvalue weighted by Crippen LogP contribution is -2.46. The van der Waals surface area contributed by atoms with E-state index < -0.39 is 25.9 Å². The number of carbonyl (C=O) groups is 3. The van der Waals surface area contributed by atoms with Crippen LogP contribution in [0.25, 0.3) is 0 Å². The SMILES string of the molecule is C[C@@H]1[C@@H]([Si](C)(C)O)[C@H](CC(=O)N2CCC[C@H]2CO)O[C@@]12C(=O)N(Cc1ccc(N3C(=O)COc4ccccc43)cc1)c1ccc(Br)cc12. The van der Waals surface area contributed by atoms with Gasteiger partial charge in [-0.25, -0.2) is 0 Å². The van der Waals surface area contributed by atoms with Gasteiger partial charge in [0.2, 0.25) is 5.91 Å². The number of rotatable bonds is 7. The monoisotopic (exact) mass is 733 g/mol. The number of halogens is 1. The minimum absolute atomic E-state index is 0.0334. The van der Waals surface area contributed by atoms with Crippen LogP contribution in [0.5, 0.6) is 5.75 Å². The van der Waals surface area contributed by atoms with E-state index in [9.17, 15) is 24.3 Å². The Morgan fingerprint density at radius 3 is 2.54 bits per heavy atom. The highest BCUT2D eigenvalue weighted by atomic mass is 79.9. The summed E-state index contributed by atoms with van der Waals surface area (Å²) in [4.78, 5) is 58.0. The van der Waals surface area contributed by atoms with Crippen LogP contribution in [0.15, 0.2) is 71.2 Å². The van der Waals surface area contributed by atoms with E-state index in [0.29, 0.717) is 29.2 Å². The van der Waals surface area contributed by atoms with Crippen molar-refractivity contribution < 1.29 is 33.8 Å². The van der Waals surface area contributed by atoms with E-state index in [1.165, 1.54) is 0 Å². The topological polar surface area (TPSA) is 120 Å². The Bertz CT molecular complexity index is 1760. The van der Waals surface area contributed by atoms with Crippen molar-refractivity contribution in [1.29, 1.82) is 0 Å². The molecular weight excluding hydrogens is 694 g/mol. The third kappa shape index (κ3) is 5.38. The first kappa shape index (κ1) is 33.0. The highest BCUT2D eigenvalue weighted by molar-refractivity contribution is 9.10. The number of likely N-dealkylation sites (tertiary alicyclic amines) is 1. The van der Waals surface area contributed by atoms with Gasteiger partial charge in [0.1, 0.15) is 5.75 Å². The summed E-state index contributed by atoms with van der Waals surface area (Å²) in [7, 11) is -2.96. The van der Waals surface area contributed by atoms with Gasteiger partial charge in [0.15, 0.2) is 20.5 Å². The molecule has 0 bridgehead atoms. The molecule has 1 spiro atoms. The van der Waals surface area contributed by atoms with Gasteiger partial charge in [0.05, 0.1) is 43.1 Å². The number of amides is 3. The largest absolute Gasteiger partial charge is 0.482 e. The van der Waals surface area contributed by atoms with E-state index in [2.05, 4.69) is 15.9 Å². The van der Waals surface area contributed by atoms with Crippen LogP contribution in [0.2, 0.25) is 18.6 Å². The molecule has 2 N–H and O–H groups in total. The Labute approximate surface area is 289 Å². The molecule has 4 aliphatic rings. The number of benzene rings is 3. The van der Waals surface area contributed by atoms with Gasteiger partial charge in [0, 0.05) is 33.7 Å². The number of para-hydroxylation sites is 2. The molecule has 4 heterocycles. The highest BCUT2D eigenvalue weighted by Crippen LogP contribution is 2.60. The molecule has 0 aromatic heterocycles. The van der Waals surface area contributed by atoms with Crippen molar-refractivity contribution >= 4 is 59.0 Å². The maximum Gasteiger partial charge on any atom is 0.269 e. The molecule has 10 nitrogen and oxygen atoms in total. The molecular formula is C36H40BrN3O7Si. The molecule has 4 aliphatic heterocycles. The molecule has 0 radical (unpaired) electrons. The summed E-state index contributed by atoms with van der Waals surface area (Å²) in [5, 5.41) is 9.85. The average molecular weight is 735 g/mol. The summed E-state index contributed by atoms with van der Waals surface area (Å²) < 4.78 is 13.3. The molecule has 3 amide bonds. The summed E-state index contributed by atoms with van der Waals surface area (Å²) in [5.41, 5.74) is 1.91. The summed E-state index contributed by atoms with van der Waals surface area (Å²) in [6, 6.07) is 20.5. The van der Waals surface area contributed by atoms with Gasteiger partial charge < -0.3 is 29.2 Å². The Hall–Kier alpha value is -3.55. The quantitative estimate of drug-likeness (QED) is 0.320. The second-order valence-corrected chi connectivity index (χ2v) is 18.7. The summed E-state index contributed by atoms with van der Waals surface area (Å²) in [5.74, 6) is -0.280. The van der Waals surface area contributed by atoms with Crippen molar-refractivity contribution in [3.63, 3.8) is 0 Å². The van der Waals surface area contributed by atoms with Crippen LogP contribution in [-0.2, 0) is 31.3 Å². The van der Waals surface area contributed by atoms with Crippen LogP contribution in [0, 0.1) is 5.92 Å². The molecule has 252 valence electrons. The molecule has 0 unspecified atom stereocenters. The van der Waals surface area contributed by atoms with Crippen molar-refractivity contribution in [2.75, 3.05) is 29.6 Å². The van der Waals surface area contributed by atoms with Crippen LogP contribution in [0.4, 0.5) is 17.1 Å². The van der Waals surface area contributed by atoms with Crippen molar-refractivity contribution in [3.05, 3.63) is 82.3 Å². The molecule has 2 saturated heterocycles. The smallest absolute Gasteiger partial charge is 0.269 e. The number of carbonyl (C=O) groups excluding carboxylic acids is 3. The minimum atomic E-state index is -2.96. The zero-order valence-electron chi connectivity index (χ0n) is 27.3. The minimum Gasteiger partial charge on any atom is -0.482 e. The first-order valence-corrected chi connectivity index (χ1v) is 20.3. The van der Waals surface area contributed by atoms with Crippen LogP contribution in [0.3, 0.4) is 0 Å². The third-order valence-corrected chi connectivity index (χ3v) is 13.5. The van der Waals surface area contributed by atoms with Crippen LogP contribution < -0.4 is 14.5 Å². The van der Waals surface area contributed by atoms with Gasteiger partial charge in [-0.2, -0.15) is 0 Å². The number of ether oxygens (including phenoxy) is 2. The van der Waals surface area contributed by atoms with E-state index in [1.807, 2.05) is 86.7 Å². The normalized spacial score (nSPS) is 26.7. The summed E-state index contributed by atoms with van der Waals surface area (Å²) >= 11 is 3.60. The van der Waals surface area contributed by atoms with Crippen LogP contribution in [-0.4, -0.2) is 72.7 Å². The highest BCUT2D eigenvalue weighted by Gasteiger charge is 2.66. The molecule has 0 aliphatic carbocycles. The van der Waals surface area contributed by atoms with Gasteiger partial charge in [-0.1, -0.05) is 47.1 Å². The number of hydrogen-bond acceptors (Lipinski definition) is 7. The summed E-state index contributed by atoms with van der Waals surface area (Å²) in [6.07, 6.45) is 0.955. The Morgan fingerprint density at radius 1 is 1.06 bits per heavy atom. The van der Waals surface area contributed by atoms with E-state index in [1.54, 1.807) is 14.7 Å². The van der Waals surface area contributed by atoms with E-state index in [4.69, 9.17) is 9.47 Å². The second kappa shape index (κ2) is 12.4. The Morgan fingerprint density at radius 2 is 1.81 bits per heavy atom. The van der Waals surface area contributed by atoms with E-state index >= 15 is 0 Å². The lowest BCUT2D eigenvalue weighted by molar-refractivity contribution is -0.150. The molecule has 0 saturated carbocycles. The average Bonchev–Trinajstić information content (AvgIpc) is 3.72. The molecule has 48 heavy (non-hydrogen) atoms. The molecule has 3 aromatic rings. The zero-order valence-corrected chi connectivity index (χ0v) is 29.9. The van der Waals surface area contributed by atoms with Crippen LogP contribution in [0.1, 0.15) is 37.3 Å². The van der Waals surface area contributed by atoms with Gasteiger partial charge >= 0.3 is 0 Å². The first-order valence-electron chi connectivity index (χ1n) is 16.5. The van der Waals surface area contributed by atoms with Crippen molar-refractivity contribution in [2.45, 2.75) is 69.1 Å². The maximum absolute atomic E-state index is 14.8. The molecule has 3 aromatic carbocycles. The van der Waals surface area contributed by atoms with Gasteiger partial charge in [-0.05, 0) is 74.0 Å². The third-order valence-electron chi connectivity index (χ3n) is 10.5. The Balaban J connectivity index is 1.20. The maximum atomic E-state index is 14.8. The fraction of sp³-hybridized carbons (Fsp3) is 0.417. The molecule has 5 atom stereocenters. The second-order valence-electron chi connectivity index (χ2n) is 13.8. The standard InChI is InChI=1S/C36H40BrN3O7Si/c1-22-34(48(2,3)45)31(18-32(42)38-16-6-7-26(38)20-41)47-36(22)27-17-24(37)12-15-28(27)39(35(36)44)19-23-10-13-25(14-11-23)40-29-8-4-5-9-30(29)46-21-33(40)43/h4-5,8-15,17,22,26,31,34,41,45H,6-7,16,18-21H2,1-3H3/t22-,26+,31+,34-,36+/m1/s1. The predicted molar refractivity (Wildman–Crippen MR) is 186 cm³/mol. The Kier molecular flexibility index (Phi) is 8.52. The lowest BCUT2D eigenvalue weighted by Gasteiger charge is -2.33. The fourth-order valence-corrected chi connectivity index (χ4v) is 11.3. The van der Waals surface area contributed by atoms with E-state index in [-0.39, 0.29) is 55.5 Å². The van der Waals surface area contributed by atoms with Gasteiger partial charge in [-0.15, -0.1) is 0 Å². The number of hydrogen-bond donors (Lipinski definition) is 2. The van der Waals surface area contributed by atoms with E-state index in [0.717, 1.165) is 28.6 Å². The number of nitrogens with zero attached hydrogens (tertiary/aromatic N) is 3. The predicted octanol–water partition coefficient (Wildman–Crippen LogP) is 5.22. The van der Waals surface area contributed by atoms with Crippen molar-refractivity contribution in [2.24, 2.45) is 5.92 Å². The fourth-order valence-electron chi connectivity index (χ4n) is 8.37. The van der Waals surface area contributed by atoms with Crippen molar-refractivity contribution in [1.82, 2.24) is 4.90 Å². The number of anilines is 3. The zero-order chi connectivity index (χ0) is 34.0. The van der Waals surface area contributed by atoms with Crippen LogP contribution >= 0.6 is 15.9 Å². The molecule has 7 rings (SSSR count). The molecule has 2 fully saturated rings. The molecule has 12 heteroatoms. The van der Waals surface area contributed by atoms with Gasteiger partial charge in [-0.3, -0.25) is 19.3 Å². The number of aliphatic hydroxyl groups is 1. The lowest BCUT2D eigenvalue weighted by atomic mass is 9.82. The number of aliphatic hydroxyl groups excluding tert-OH is 1. The van der Waals surface area contributed by atoms with Gasteiger partial charge in [0.25, 0.3) is 11.8 Å². The number of fused-ring (bicyclic) bond motifs is 3. The van der Waals surface area contributed by atoms with Crippen molar-refractivity contribution in [3.8, 4) is 5.75 Å². The summed E-state index contributed by atoms with van der Waals surface area (Å²) in [6.45, 7) is 6.36.